The second-order valence-electron chi connectivity index (χ2n) is 13.0. The number of ether oxygens (including phenoxy) is 2. The van der Waals surface area contributed by atoms with Crippen molar-refractivity contribution in [1.29, 1.82) is 0 Å². The number of aliphatic hydroxyl groups excluding tert-OH is 1. The number of aliphatic hydroxyl groups is 1. The number of primary amides is 1. The summed E-state index contributed by atoms with van der Waals surface area (Å²) in [4.78, 5) is 65.0. The normalized spacial score (nSPS) is 12.8. The van der Waals surface area contributed by atoms with Crippen molar-refractivity contribution in [2.45, 2.75) is 57.8 Å². The third-order valence-corrected chi connectivity index (χ3v) is 8.86. The largest absolute Gasteiger partial charge is 0.448 e. The molecular formula is C39H48N6O8. The van der Waals surface area contributed by atoms with Crippen molar-refractivity contribution in [3.8, 4) is 11.1 Å². The molecule has 14 heteroatoms. The lowest BCUT2D eigenvalue weighted by atomic mass is 9.98. The number of carbonyl (C=O) groups is 5. The lowest BCUT2D eigenvalue weighted by molar-refractivity contribution is -0.128. The SMILES string of the molecule is C=CCOC(=O)N[C@H](C(=O)N[C@@H](CCCNC(N)=O)C(=O)Nc1ccc(CO)c(CN(C)C(=O)OCC2c3ccccc3-c3ccccc32)c1)C(C)C. The summed E-state index contributed by atoms with van der Waals surface area (Å²) in [6.45, 7) is 6.96. The fourth-order valence-corrected chi connectivity index (χ4v) is 6.15. The third kappa shape index (κ3) is 10.8. The van der Waals surface area contributed by atoms with Crippen LogP contribution in [-0.2, 0) is 32.2 Å². The smallest absolute Gasteiger partial charge is 0.409 e. The molecule has 0 aromatic heterocycles. The average molecular weight is 729 g/mol. The maximum atomic E-state index is 13.6. The van der Waals surface area contributed by atoms with E-state index in [1.165, 1.54) is 11.0 Å². The van der Waals surface area contributed by atoms with E-state index in [0.29, 0.717) is 23.2 Å². The summed E-state index contributed by atoms with van der Waals surface area (Å²) in [6.07, 6.45) is 0.435. The van der Waals surface area contributed by atoms with E-state index < -0.39 is 42.1 Å². The summed E-state index contributed by atoms with van der Waals surface area (Å²) in [6, 6.07) is 18.2. The van der Waals surface area contributed by atoms with Crippen LogP contribution in [0.1, 0.15) is 54.9 Å². The Hall–Kier alpha value is -5.89. The first-order valence-electron chi connectivity index (χ1n) is 17.4. The third-order valence-electron chi connectivity index (χ3n) is 8.86. The van der Waals surface area contributed by atoms with E-state index in [0.717, 1.165) is 22.3 Å². The van der Waals surface area contributed by atoms with Crippen LogP contribution in [0.25, 0.3) is 11.1 Å². The van der Waals surface area contributed by atoms with Gasteiger partial charge in [0.15, 0.2) is 0 Å². The number of hydrogen-bond donors (Lipinski definition) is 6. The van der Waals surface area contributed by atoms with E-state index >= 15 is 0 Å². The number of rotatable bonds is 17. The first-order chi connectivity index (χ1) is 25.4. The van der Waals surface area contributed by atoms with Gasteiger partial charge in [-0.25, -0.2) is 14.4 Å². The lowest BCUT2D eigenvalue weighted by Crippen LogP contribution is -2.54. The topological polar surface area (TPSA) is 201 Å². The van der Waals surface area contributed by atoms with Crippen LogP contribution in [0.5, 0.6) is 0 Å². The van der Waals surface area contributed by atoms with Crippen LogP contribution in [0.2, 0.25) is 0 Å². The molecule has 0 heterocycles. The van der Waals surface area contributed by atoms with E-state index in [1.54, 1.807) is 39.1 Å². The Bertz CT molecular complexity index is 1750. The number of nitrogens with one attached hydrogen (secondary N) is 4. The maximum absolute atomic E-state index is 13.6. The fourth-order valence-electron chi connectivity index (χ4n) is 6.15. The molecule has 0 aliphatic heterocycles. The van der Waals surface area contributed by atoms with Gasteiger partial charge in [0.05, 0.1) is 6.61 Å². The molecule has 14 nitrogen and oxygen atoms in total. The number of hydrogen-bond acceptors (Lipinski definition) is 8. The number of alkyl carbamates (subject to hydrolysis) is 1. The average Bonchev–Trinajstić information content (AvgIpc) is 3.46. The van der Waals surface area contributed by atoms with Crippen LogP contribution < -0.4 is 27.0 Å². The number of benzene rings is 3. The highest BCUT2D eigenvalue weighted by molar-refractivity contribution is 5.98. The Morgan fingerprint density at radius 2 is 1.58 bits per heavy atom. The molecule has 0 radical (unpaired) electrons. The first kappa shape index (κ1) is 39.9. The zero-order valence-corrected chi connectivity index (χ0v) is 30.2. The van der Waals surface area contributed by atoms with Crippen LogP contribution >= 0.6 is 0 Å². The molecule has 1 aliphatic rings. The van der Waals surface area contributed by atoms with Gasteiger partial charge in [-0.3, -0.25) is 9.59 Å². The lowest BCUT2D eigenvalue weighted by Gasteiger charge is -2.25. The number of fused-ring (bicyclic) bond motifs is 3. The summed E-state index contributed by atoms with van der Waals surface area (Å²) in [5.74, 6) is -1.64. The molecule has 282 valence electrons. The zero-order chi connectivity index (χ0) is 38.5. The molecule has 3 aromatic carbocycles. The Balaban J connectivity index is 1.43. The van der Waals surface area contributed by atoms with E-state index in [1.807, 2.05) is 36.4 Å². The summed E-state index contributed by atoms with van der Waals surface area (Å²) in [5.41, 5.74) is 11.0. The van der Waals surface area contributed by atoms with Gasteiger partial charge in [0.25, 0.3) is 0 Å². The predicted molar refractivity (Wildman–Crippen MR) is 200 cm³/mol. The minimum Gasteiger partial charge on any atom is -0.448 e. The van der Waals surface area contributed by atoms with Gasteiger partial charge in [-0.05, 0) is 64.3 Å². The molecule has 6 amide bonds. The van der Waals surface area contributed by atoms with Crippen molar-refractivity contribution < 1.29 is 38.6 Å². The second kappa shape index (κ2) is 19.1. The van der Waals surface area contributed by atoms with Gasteiger partial charge in [-0.2, -0.15) is 0 Å². The zero-order valence-electron chi connectivity index (χ0n) is 30.2. The molecule has 0 saturated carbocycles. The maximum Gasteiger partial charge on any atom is 0.409 e. The molecule has 53 heavy (non-hydrogen) atoms. The Labute approximate surface area is 309 Å². The molecule has 7 N–H and O–H groups in total. The first-order valence-corrected chi connectivity index (χ1v) is 17.4. The number of carbonyl (C=O) groups excluding carboxylic acids is 5. The molecule has 4 rings (SSSR count). The molecular weight excluding hydrogens is 680 g/mol. The number of amides is 6. The van der Waals surface area contributed by atoms with E-state index in [-0.39, 0.29) is 51.2 Å². The summed E-state index contributed by atoms with van der Waals surface area (Å²) < 4.78 is 10.8. The van der Waals surface area contributed by atoms with E-state index in [2.05, 4.69) is 40.0 Å². The minimum absolute atomic E-state index is 0.0469. The molecule has 0 unspecified atom stereocenters. The van der Waals surface area contributed by atoms with Crippen LogP contribution in [0.4, 0.5) is 20.1 Å². The van der Waals surface area contributed by atoms with Crippen molar-refractivity contribution >= 4 is 35.7 Å². The van der Waals surface area contributed by atoms with Gasteiger partial charge in [0.2, 0.25) is 11.8 Å². The van der Waals surface area contributed by atoms with Gasteiger partial charge < -0.3 is 46.5 Å². The van der Waals surface area contributed by atoms with Gasteiger partial charge in [-0.1, -0.05) is 81.1 Å². The number of anilines is 1. The van der Waals surface area contributed by atoms with Crippen molar-refractivity contribution in [2.24, 2.45) is 11.7 Å². The van der Waals surface area contributed by atoms with Gasteiger partial charge >= 0.3 is 18.2 Å². The van der Waals surface area contributed by atoms with Gasteiger partial charge in [-0.15, -0.1) is 0 Å². The highest BCUT2D eigenvalue weighted by Crippen LogP contribution is 2.44. The van der Waals surface area contributed by atoms with Gasteiger partial charge in [0, 0.05) is 31.7 Å². The molecule has 0 bridgehead atoms. The van der Waals surface area contributed by atoms with Crippen molar-refractivity contribution in [1.82, 2.24) is 20.9 Å². The Kier molecular flexibility index (Phi) is 14.4. The molecule has 3 aromatic rings. The van der Waals surface area contributed by atoms with Crippen LogP contribution in [0, 0.1) is 5.92 Å². The minimum atomic E-state index is -1.08. The Morgan fingerprint density at radius 1 is 0.925 bits per heavy atom. The van der Waals surface area contributed by atoms with Crippen LogP contribution in [0.3, 0.4) is 0 Å². The highest BCUT2D eigenvalue weighted by Gasteiger charge is 2.31. The molecule has 1 aliphatic carbocycles. The summed E-state index contributed by atoms with van der Waals surface area (Å²) >= 11 is 0. The molecule has 0 spiro atoms. The van der Waals surface area contributed by atoms with E-state index in [4.69, 9.17) is 15.2 Å². The van der Waals surface area contributed by atoms with Crippen molar-refractivity contribution in [3.05, 3.63) is 102 Å². The quantitative estimate of drug-likeness (QED) is 0.0869. The number of nitrogens with two attached hydrogens (primary N) is 1. The standard InChI is InChI=1S/C39H48N6O8/c1-5-19-52-38(50)44-34(24(2)3)36(48)43-33(15-10-18-41-37(40)49)35(47)42-27-17-16-25(22-46)26(20-27)21-45(4)39(51)53-23-32-30-13-8-6-11-28(30)29-12-7-9-14-31(29)32/h5-9,11-14,16-17,20,24,32-34,46H,1,10,15,18-19,21-23H2,2-4H3,(H,42,47)(H,43,48)(H,44,50)(H3,40,41,49)/t33-,34-/m0/s1. The molecule has 0 saturated heterocycles. The predicted octanol–water partition coefficient (Wildman–Crippen LogP) is 4.37. The van der Waals surface area contributed by atoms with Crippen LogP contribution in [0.15, 0.2) is 79.4 Å². The molecule has 2 atom stereocenters. The Morgan fingerprint density at radius 3 is 2.19 bits per heavy atom. The summed E-state index contributed by atoms with van der Waals surface area (Å²) in [7, 11) is 1.59. The summed E-state index contributed by atoms with van der Waals surface area (Å²) in [5, 5.41) is 20.6. The van der Waals surface area contributed by atoms with E-state index in [9.17, 15) is 29.1 Å². The second-order valence-corrected chi connectivity index (χ2v) is 13.0. The van der Waals surface area contributed by atoms with Crippen molar-refractivity contribution in [3.63, 3.8) is 0 Å². The number of nitrogens with zero attached hydrogens (tertiary/aromatic N) is 1. The highest BCUT2D eigenvalue weighted by atomic mass is 16.6. The number of urea groups is 1. The molecule has 0 fully saturated rings. The van der Waals surface area contributed by atoms with Crippen molar-refractivity contribution in [2.75, 3.05) is 32.1 Å². The fraction of sp³-hybridized carbons (Fsp3) is 0.359. The van der Waals surface area contributed by atoms with Gasteiger partial charge in [0.1, 0.15) is 25.3 Å². The van der Waals surface area contributed by atoms with Crippen LogP contribution in [-0.4, -0.2) is 78.9 Å². The monoisotopic (exact) mass is 728 g/mol.